The van der Waals surface area contributed by atoms with Gasteiger partial charge in [0, 0.05) is 32.8 Å². The second-order valence-corrected chi connectivity index (χ2v) is 5.48. The first-order chi connectivity index (χ1) is 12.3. The Hall–Kier alpha value is -1.80. The molecular formula is C20H28IN3O2. The Kier molecular flexibility index (Phi) is 10.7. The van der Waals surface area contributed by atoms with Crippen molar-refractivity contribution >= 4 is 29.9 Å². The van der Waals surface area contributed by atoms with Gasteiger partial charge in [0.1, 0.15) is 5.75 Å². The first-order valence-electron chi connectivity index (χ1n) is 8.51. The molecular weight excluding hydrogens is 441 g/mol. The third-order valence-electron chi connectivity index (χ3n) is 3.85. The van der Waals surface area contributed by atoms with Gasteiger partial charge >= 0.3 is 0 Å². The lowest BCUT2D eigenvalue weighted by atomic mass is 10.1. The van der Waals surface area contributed by atoms with E-state index in [1.165, 1.54) is 0 Å². The number of rotatable bonds is 8. The lowest BCUT2D eigenvalue weighted by Crippen LogP contribution is -2.39. The van der Waals surface area contributed by atoms with Crippen LogP contribution in [0.2, 0.25) is 0 Å². The van der Waals surface area contributed by atoms with Crippen molar-refractivity contribution in [3.63, 3.8) is 0 Å². The molecule has 5 nitrogen and oxygen atoms in total. The molecule has 0 spiro atoms. The van der Waals surface area contributed by atoms with Gasteiger partial charge in [0.05, 0.1) is 12.7 Å². The van der Waals surface area contributed by atoms with Gasteiger partial charge in [0.25, 0.3) is 0 Å². The summed E-state index contributed by atoms with van der Waals surface area (Å²) in [5, 5.41) is 6.63. The maximum absolute atomic E-state index is 5.66. The van der Waals surface area contributed by atoms with E-state index in [2.05, 4.69) is 27.8 Å². The van der Waals surface area contributed by atoms with Gasteiger partial charge in [-0.25, -0.2) is 0 Å². The Labute approximate surface area is 173 Å². The molecule has 0 fully saturated rings. The molecule has 0 amide bonds. The summed E-state index contributed by atoms with van der Waals surface area (Å²) in [4.78, 5) is 4.28. The highest BCUT2D eigenvalue weighted by molar-refractivity contribution is 14.0. The van der Waals surface area contributed by atoms with Crippen LogP contribution in [0.3, 0.4) is 0 Å². The zero-order valence-electron chi connectivity index (χ0n) is 15.6. The van der Waals surface area contributed by atoms with Crippen LogP contribution in [0.5, 0.6) is 5.75 Å². The quantitative estimate of drug-likeness (QED) is 0.351. The van der Waals surface area contributed by atoms with Gasteiger partial charge in [-0.05, 0) is 18.6 Å². The smallest absolute Gasteiger partial charge is 0.191 e. The Morgan fingerprint density at radius 3 is 2.38 bits per heavy atom. The van der Waals surface area contributed by atoms with Crippen LogP contribution in [0.1, 0.15) is 24.2 Å². The zero-order chi connectivity index (χ0) is 17.9. The minimum absolute atomic E-state index is 0. The van der Waals surface area contributed by atoms with Crippen LogP contribution >= 0.6 is 24.0 Å². The van der Waals surface area contributed by atoms with Gasteiger partial charge in [0.2, 0.25) is 0 Å². The number of benzene rings is 2. The predicted octanol–water partition coefficient (Wildman–Crippen LogP) is 3.76. The number of aliphatic imine (C=N–C) groups is 1. The number of nitrogens with one attached hydrogen (secondary N) is 2. The summed E-state index contributed by atoms with van der Waals surface area (Å²) >= 11 is 0. The number of guanidine groups is 1. The van der Waals surface area contributed by atoms with E-state index in [4.69, 9.17) is 9.47 Å². The Morgan fingerprint density at radius 2 is 1.73 bits per heavy atom. The molecule has 142 valence electrons. The van der Waals surface area contributed by atoms with Crippen LogP contribution in [0, 0.1) is 0 Å². The van der Waals surface area contributed by atoms with Crippen LogP contribution in [0.25, 0.3) is 0 Å². The van der Waals surface area contributed by atoms with Gasteiger partial charge in [-0.15, -0.1) is 24.0 Å². The van der Waals surface area contributed by atoms with E-state index in [0.717, 1.165) is 22.8 Å². The molecule has 1 unspecified atom stereocenters. The molecule has 0 radical (unpaired) electrons. The molecule has 1 atom stereocenters. The maximum atomic E-state index is 5.66. The summed E-state index contributed by atoms with van der Waals surface area (Å²) in [6.07, 6.45) is -0.0320. The summed E-state index contributed by atoms with van der Waals surface area (Å²) in [6, 6.07) is 18.2. The van der Waals surface area contributed by atoms with E-state index < -0.39 is 0 Å². The van der Waals surface area contributed by atoms with Crippen molar-refractivity contribution in [2.45, 2.75) is 19.6 Å². The molecule has 6 heteroatoms. The fraction of sp³-hybridized carbons (Fsp3) is 0.350. The summed E-state index contributed by atoms with van der Waals surface area (Å²) in [5.74, 6) is 1.62. The number of hydrogen-bond donors (Lipinski definition) is 2. The average Bonchev–Trinajstić information content (AvgIpc) is 2.67. The van der Waals surface area contributed by atoms with Crippen molar-refractivity contribution in [1.82, 2.24) is 10.6 Å². The van der Waals surface area contributed by atoms with E-state index in [-0.39, 0.29) is 30.1 Å². The lowest BCUT2D eigenvalue weighted by molar-refractivity contribution is 0.106. The van der Waals surface area contributed by atoms with Crippen molar-refractivity contribution in [3.05, 3.63) is 65.7 Å². The molecule has 0 heterocycles. The molecule has 2 aromatic rings. The van der Waals surface area contributed by atoms with Gasteiger partial charge in [-0.3, -0.25) is 4.99 Å². The van der Waals surface area contributed by atoms with Crippen molar-refractivity contribution in [2.75, 3.05) is 27.3 Å². The van der Waals surface area contributed by atoms with Gasteiger partial charge < -0.3 is 20.1 Å². The fourth-order valence-electron chi connectivity index (χ4n) is 2.54. The van der Waals surface area contributed by atoms with Crippen molar-refractivity contribution in [1.29, 1.82) is 0 Å². The van der Waals surface area contributed by atoms with Crippen LogP contribution < -0.4 is 15.4 Å². The van der Waals surface area contributed by atoms with Crippen LogP contribution in [-0.2, 0) is 11.3 Å². The molecule has 0 aliphatic heterocycles. The largest absolute Gasteiger partial charge is 0.494 e. The average molecular weight is 469 g/mol. The lowest BCUT2D eigenvalue weighted by Gasteiger charge is -2.19. The number of methoxy groups -OCH3 is 1. The molecule has 0 aromatic heterocycles. The van der Waals surface area contributed by atoms with E-state index in [1.54, 1.807) is 14.2 Å². The van der Waals surface area contributed by atoms with Crippen LogP contribution in [0.15, 0.2) is 59.6 Å². The van der Waals surface area contributed by atoms with Gasteiger partial charge in [-0.2, -0.15) is 0 Å². The summed E-state index contributed by atoms with van der Waals surface area (Å²) < 4.78 is 11.2. The summed E-state index contributed by atoms with van der Waals surface area (Å²) in [7, 11) is 3.47. The van der Waals surface area contributed by atoms with Gasteiger partial charge in [-0.1, -0.05) is 48.5 Å². The van der Waals surface area contributed by atoms with Crippen LogP contribution in [-0.4, -0.2) is 33.3 Å². The highest BCUT2D eigenvalue weighted by atomic mass is 127. The maximum Gasteiger partial charge on any atom is 0.191 e. The Morgan fingerprint density at radius 1 is 1.04 bits per heavy atom. The second-order valence-electron chi connectivity index (χ2n) is 5.48. The van der Waals surface area contributed by atoms with Crippen molar-refractivity contribution in [2.24, 2.45) is 4.99 Å². The van der Waals surface area contributed by atoms with E-state index in [0.29, 0.717) is 19.7 Å². The first-order valence-corrected chi connectivity index (χ1v) is 8.51. The number of para-hydroxylation sites is 1. The molecule has 0 saturated carbocycles. The number of halogens is 1. The second kappa shape index (κ2) is 12.5. The normalized spacial score (nSPS) is 12.0. The molecule has 0 aliphatic carbocycles. The highest BCUT2D eigenvalue weighted by Gasteiger charge is 2.11. The third-order valence-corrected chi connectivity index (χ3v) is 3.85. The molecule has 2 aromatic carbocycles. The summed E-state index contributed by atoms with van der Waals surface area (Å²) in [6.45, 7) is 3.90. The highest BCUT2D eigenvalue weighted by Crippen LogP contribution is 2.17. The minimum atomic E-state index is -0.0320. The molecule has 2 N–H and O–H groups in total. The first kappa shape index (κ1) is 22.2. The van der Waals surface area contributed by atoms with Crippen molar-refractivity contribution in [3.8, 4) is 5.75 Å². The van der Waals surface area contributed by atoms with Crippen LogP contribution in [0.4, 0.5) is 0 Å². The number of hydrogen-bond acceptors (Lipinski definition) is 3. The monoisotopic (exact) mass is 469 g/mol. The summed E-state index contributed by atoms with van der Waals surface area (Å²) in [5.41, 5.74) is 2.23. The molecule has 0 aliphatic rings. The SMILES string of the molecule is CCOc1ccccc1CNC(=NC)NCC(OC)c1ccccc1.I. The fourth-order valence-corrected chi connectivity index (χ4v) is 2.54. The predicted molar refractivity (Wildman–Crippen MR) is 117 cm³/mol. The Balaban J connectivity index is 0.00000338. The minimum Gasteiger partial charge on any atom is -0.494 e. The van der Waals surface area contributed by atoms with E-state index in [1.807, 2.05) is 49.4 Å². The third kappa shape index (κ3) is 6.84. The molecule has 0 saturated heterocycles. The number of ether oxygens (including phenoxy) is 2. The number of nitrogens with zero attached hydrogens (tertiary/aromatic N) is 1. The Bertz CT molecular complexity index is 665. The zero-order valence-corrected chi connectivity index (χ0v) is 17.9. The topological polar surface area (TPSA) is 54.9 Å². The molecule has 0 bridgehead atoms. The molecule has 26 heavy (non-hydrogen) atoms. The standard InChI is InChI=1S/C20H27N3O2.HI/c1-4-25-18-13-9-8-12-17(18)14-22-20(21-2)23-15-19(24-3)16-10-6-5-7-11-16;/h5-13,19H,4,14-15H2,1-3H3,(H2,21,22,23);1H. The van der Waals surface area contributed by atoms with E-state index in [9.17, 15) is 0 Å². The van der Waals surface area contributed by atoms with Gasteiger partial charge in [0.15, 0.2) is 5.96 Å². The van der Waals surface area contributed by atoms with E-state index >= 15 is 0 Å². The van der Waals surface area contributed by atoms with Crippen molar-refractivity contribution < 1.29 is 9.47 Å². The molecule has 2 rings (SSSR count).